The van der Waals surface area contributed by atoms with E-state index in [4.69, 9.17) is 0 Å². The smallest absolute Gasteiger partial charge is 0.310 e. The lowest BCUT2D eigenvalue weighted by atomic mass is 9.74. The first kappa shape index (κ1) is 6.16. The number of carbonyl (C=O) groups is 1. The highest BCUT2D eigenvalue weighted by Crippen LogP contribution is 2.40. The maximum atomic E-state index is 11.0. The summed E-state index contributed by atoms with van der Waals surface area (Å²) < 4.78 is 4.66. The molecule has 3 atom stereocenters. The standard InChI is InChI=1S/C7H11NO2/c1-10-7(9)6-4-2-5(6)8-3-4/h4-6,8H,2-3H2,1H3/t4-,5-,6-/m0/s1. The molecule has 2 saturated heterocycles. The molecule has 3 fully saturated rings. The van der Waals surface area contributed by atoms with Crippen LogP contribution in [0, 0.1) is 11.8 Å². The van der Waals surface area contributed by atoms with E-state index in [0.717, 1.165) is 6.54 Å². The summed E-state index contributed by atoms with van der Waals surface area (Å²) in [6.45, 7) is 1.00. The quantitative estimate of drug-likeness (QED) is 0.512. The van der Waals surface area contributed by atoms with Gasteiger partial charge in [0.05, 0.1) is 13.0 Å². The Balaban J connectivity index is 2.02. The predicted octanol–water partition coefficient (Wildman–Crippen LogP) is -0.233. The maximum absolute atomic E-state index is 11.0. The van der Waals surface area contributed by atoms with E-state index in [9.17, 15) is 4.79 Å². The summed E-state index contributed by atoms with van der Waals surface area (Å²) in [4.78, 5) is 11.0. The summed E-state index contributed by atoms with van der Waals surface area (Å²) >= 11 is 0. The Morgan fingerprint density at radius 3 is 2.90 bits per heavy atom. The van der Waals surface area contributed by atoms with Crippen molar-refractivity contribution in [1.29, 1.82) is 0 Å². The Kier molecular flexibility index (Phi) is 1.20. The van der Waals surface area contributed by atoms with Crippen molar-refractivity contribution in [3.8, 4) is 0 Å². The van der Waals surface area contributed by atoms with Crippen LogP contribution in [0.1, 0.15) is 6.42 Å². The van der Waals surface area contributed by atoms with E-state index in [2.05, 4.69) is 10.1 Å². The molecule has 2 heterocycles. The third kappa shape index (κ3) is 0.611. The summed E-state index contributed by atoms with van der Waals surface area (Å²) in [6.07, 6.45) is 1.17. The van der Waals surface area contributed by atoms with Gasteiger partial charge in [-0.2, -0.15) is 0 Å². The second-order valence-electron chi connectivity index (χ2n) is 3.06. The molecule has 56 valence electrons. The molecule has 0 radical (unpaired) electrons. The molecule has 1 aliphatic carbocycles. The van der Waals surface area contributed by atoms with E-state index in [0.29, 0.717) is 12.0 Å². The van der Waals surface area contributed by atoms with Crippen molar-refractivity contribution in [2.45, 2.75) is 12.5 Å². The molecule has 10 heavy (non-hydrogen) atoms. The molecule has 0 aromatic rings. The predicted molar refractivity (Wildman–Crippen MR) is 35.4 cm³/mol. The van der Waals surface area contributed by atoms with Crippen molar-refractivity contribution in [2.75, 3.05) is 13.7 Å². The van der Waals surface area contributed by atoms with Crippen molar-refractivity contribution >= 4 is 5.97 Å². The van der Waals surface area contributed by atoms with Gasteiger partial charge >= 0.3 is 5.97 Å². The fourth-order valence-electron chi connectivity index (χ4n) is 1.97. The Morgan fingerprint density at radius 2 is 2.50 bits per heavy atom. The number of carbonyl (C=O) groups excluding carboxylic acids is 1. The summed E-state index contributed by atoms with van der Waals surface area (Å²) in [5, 5.41) is 3.26. The van der Waals surface area contributed by atoms with Gasteiger partial charge < -0.3 is 10.1 Å². The van der Waals surface area contributed by atoms with Gasteiger partial charge in [0.1, 0.15) is 0 Å². The van der Waals surface area contributed by atoms with Crippen molar-refractivity contribution in [3.63, 3.8) is 0 Å². The van der Waals surface area contributed by atoms with E-state index in [1.807, 2.05) is 0 Å². The number of rotatable bonds is 1. The zero-order valence-electron chi connectivity index (χ0n) is 5.96. The Labute approximate surface area is 59.7 Å². The summed E-state index contributed by atoms with van der Waals surface area (Å²) in [5.74, 6) is 0.702. The topological polar surface area (TPSA) is 38.3 Å². The minimum atomic E-state index is -0.0359. The summed E-state index contributed by atoms with van der Waals surface area (Å²) in [5.41, 5.74) is 0. The van der Waals surface area contributed by atoms with E-state index >= 15 is 0 Å². The van der Waals surface area contributed by atoms with Crippen LogP contribution in [-0.2, 0) is 9.53 Å². The summed E-state index contributed by atoms with van der Waals surface area (Å²) in [7, 11) is 1.46. The average Bonchev–Trinajstić information content (AvgIpc) is 2.44. The van der Waals surface area contributed by atoms with Crippen LogP contribution in [0.25, 0.3) is 0 Å². The van der Waals surface area contributed by atoms with Crippen LogP contribution in [0.3, 0.4) is 0 Å². The second-order valence-corrected chi connectivity index (χ2v) is 3.06. The molecule has 3 rings (SSSR count). The first-order valence-corrected chi connectivity index (χ1v) is 3.64. The molecule has 0 spiro atoms. The van der Waals surface area contributed by atoms with Gasteiger partial charge in [-0.3, -0.25) is 4.79 Å². The van der Waals surface area contributed by atoms with Crippen LogP contribution in [0.5, 0.6) is 0 Å². The van der Waals surface area contributed by atoms with Crippen molar-refractivity contribution in [3.05, 3.63) is 0 Å². The van der Waals surface area contributed by atoms with Crippen LogP contribution >= 0.6 is 0 Å². The van der Waals surface area contributed by atoms with Crippen LogP contribution in [0.2, 0.25) is 0 Å². The molecular formula is C7H11NO2. The van der Waals surface area contributed by atoms with Gasteiger partial charge in [0.2, 0.25) is 0 Å². The molecule has 3 aliphatic rings. The van der Waals surface area contributed by atoms with E-state index < -0.39 is 0 Å². The number of ether oxygens (including phenoxy) is 1. The van der Waals surface area contributed by atoms with Crippen molar-refractivity contribution in [1.82, 2.24) is 5.32 Å². The van der Waals surface area contributed by atoms with Gasteiger partial charge in [-0.25, -0.2) is 0 Å². The highest BCUT2D eigenvalue weighted by Gasteiger charge is 2.51. The molecule has 0 amide bonds. The highest BCUT2D eigenvalue weighted by atomic mass is 16.5. The molecular weight excluding hydrogens is 130 g/mol. The fourth-order valence-corrected chi connectivity index (χ4v) is 1.97. The van der Waals surface area contributed by atoms with Crippen LogP contribution in [-0.4, -0.2) is 25.7 Å². The van der Waals surface area contributed by atoms with Gasteiger partial charge in [-0.15, -0.1) is 0 Å². The number of methoxy groups -OCH3 is 1. The third-order valence-corrected chi connectivity index (χ3v) is 2.61. The molecule has 1 saturated carbocycles. The van der Waals surface area contributed by atoms with E-state index in [1.165, 1.54) is 13.5 Å². The molecule has 0 unspecified atom stereocenters. The maximum Gasteiger partial charge on any atom is 0.310 e. The number of hydrogen-bond donors (Lipinski definition) is 1. The Morgan fingerprint density at radius 1 is 1.70 bits per heavy atom. The normalized spacial score (nSPS) is 42.7. The van der Waals surface area contributed by atoms with Gasteiger partial charge in [-0.1, -0.05) is 0 Å². The first-order chi connectivity index (χ1) is 4.83. The highest BCUT2D eigenvalue weighted by molar-refractivity contribution is 5.75. The Bertz CT molecular complexity index is 155. The van der Waals surface area contributed by atoms with E-state index in [1.54, 1.807) is 0 Å². The molecule has 3 nitrogen and oxygen atoms in total. The minimum Gasteiger partial charge on any atom is -0.469 e. The van der Waals surface area contributed by atoms with Crippen LogP contribution in [0.15, 0.2) is 0 Å². The van der Waals surface area contributed by atoms with Crippen LogP contribution < -0.4 is 5.32 Å². The van der Waals surface area contributed by atoms with Gasteiger partial charge in [0.15, 0.2) is 0 Å². The lowest BCUT2D eigenvalue weighted by Gasteiger charge is -2.31. The molecule has 3 heteroatoms. The number of esters is 1. The number of fused-ring (bicyclic) bond motifs is 1. The second kappa shape index (κ2) is 1.95. The lowest BCUT2D eigenvalue weighted by Crippen LogP contribution is -2.42. The minimum absolute atomic E-state index is 0.0359. The van der Waals surface area contributed by atoms with Gasteiger partial charge in [-0.05, 0) is 18.9 Å². The van der Waals surface area contributed by atoms with E-state index in [-0.39, 0.29) is 11.9 Å². The molecule has 2 aliphatic heterocycles. The molecule has 0 aromatic heterocycles. The SMILES string of the molecule is COC(=O)[C@H]1[C@@H]2CN[C@H]1C2. The fraction of sp³-hybridized carbons (Fsp3) is 0.857. The van der Waals surface area contributed by atoms with Crippen molar-refractivity contribution in [2.24, 2.45) is 11.8 Å². The number of nitrogens with one attached hydrogen (secondary N) is 1. The third-order valence-electron chi connectivity index (χ3n) is 2.61. The zero-order valence-corrected chi connectivity index (χ0v) is 5.96. The monoisotopic (exact) mass is 141 g/mol. The first-order valence-electron chi connectivity index (χ1n) is 3.64. The van der Waals surface area contributed by atoms with Crippen LogP contribution in [0.4, 0.5) is 0 Å². The van der Waals surface area contributed by atoms with Gasteiger partial charge in [0, 0.05) is 6.04 Å². The van der Waals surface area contributed by atoms with Gasteiger partial charge in [0.25, 0.3) is 0 Å². The van der Waals surface area contributed by atoms with Crippen molar-refractivity contribution < 1.29 is 9.53 Å². The largest absolute Gasteiger partial charge is 0.469 e. The lowest BCUT2D eigenvalue weighted by molar-refractivity contribution is -0.150. The Hall–Kier alpha value is -0.570. The summed E-state index contributed by atoms with van der Waals surface area (Å²) in [6, 6.07) is 0.428. The molecule has 2 bridgehead atoms. The zero-order chi connectivity index (χ0) is 7.14. The number of hydrogen-bond acceptors (Lipinski definition) is 3. The molecule has 0 aromatic carbocycles. The molecule has 1 N–H and O–H groups in total. The average molecular weight is 141 g/mol.